The highest BCUT2D eigenvalue weighted by molar-refractivity contribution is 7.89. The van der Waals surface area contributed by atoms with Crippen LogP contribution in [0.15, 0.2) is 47.4 Å². The van der Waals surface area contributed by atoms with Gasteiger partial charge in [-0.25, -0.2) is 8.42 Å². The van der Waals surface area contributed by atoms with Crippen molar-refractivity contribution in [2.24, 2.45) is 5.92 Å². The van der Waals surface area contributed by atoms with Gasteiger partial charge in [-0.05, 0) is 56.4 Å². The molecule has 4 rings (SSSR count). The number of nitro benzene ring substituents is 1. The number of piperidine rings is 1. The Kier molecular flexibility index (Phi) is 5.81. The lowest BCUT2D eigenvalue weighted by Gasteiger charge is -2.36. The summed E-state index contributed by atoms with van der Waals surface area (Å²) in [5.74, 6) is -0.442. The summed E-state index contributed by atoms with van der Waals surface area (Å²) in [4.78, 5) is 25.5. The number of carbonyl (C=O) groups excluding carboxylic acids is 1. The summed E-state index contributed by atoms with van der Waals surface area (Å²) in [7, 11) is -3.83. The Hall–Kier alpha value is -2.78. The van der Waals surface area contributed by atoms with Gasteiger partial charge in [0.2, 0.25) is 15.9 Å². The highest BCUT2D eigenvalue weighted by Gasteiger charge is 2.36. The van der Waals surface area contributed by atoms with Gasteiger partial charge in [-0.3, -0.25) is 14.9 Å². The number of aryl methyl sites for hydroxylation is 2. The summed E-state index contributed by atoms with van der Waals surface area (Å²) in [5.41, 5.74) is 3.08. The highest BCUT2D eigenvalue weighted by Crippen LogP contribution is 2.32. The fourth-order valence-corrected chi connectivity index (χ4v) is 5.95. The number of hydrogen-bond donors (Lipinski definition) is 0. The van der Waals surface area contributed by atoms with Crippen molar-refractivity contribution >= 4 is 27.3 Å². The zero-order chi connectivity index (χ0) is 22.2. The van der Waals surface area contributed by atoms with Gasteiger partial charge in [-0.1, -0.05) is 17.7 Å². The minimum absolute atomic E-state index is 0.00462. The molecule has 8 nitrogen and oxygen atoms in total. The molecule has 31 heavy (non-hydrogen) atoms. The van der Waals surface area contributed by atoms with E-state index < -0.39 is 20.9 Å². The predicted molar refractivity (Wildman–Crippen MR) is 116 cm³/mol. The lowest BCUT2D eigenvalue weighted by atomic mass is 9.94. The van der Waals surface area contributed by atoms with E-state index in [2.05, 4.69) is 6.07 Å². The lowest BCUT2D eigenvalue weighted by molar-refractivity contribution is -0.384. The van der Waals surface area contributed by atoms with Crippen LogP contribution in [0, 0.1) is 23.0 Å². The molecule has 2 heterocycles. The molecule has 2 aliphatic rings. The smallest absolute Gasteiger partial charge is 0.269 e. The molecule has 164 valence electrons. The van der Waals surface area contributed by atoms with Gasteiger partial charge in [-0.15, -0.1) is 0 Å². The van der Waals surface area contributed by atoms with Gasteiger partial charge in [-0.2, -0.15) is 4.31 Å². The van der Waals surface area contributed by atoms with Gasteiger partial charge < -0.3 is 4.90 Å². The Morgan fingerprint density at radius 2 is 1.84 bits per heavy atom. The number of sulfonamides is 1. The zero-order valence-corrected chi connectivity index (χ0v) is 18.2. The maximum absolute atomic E-state index is 13.4. The third-order valence-electron chi connectivity index (χ3n) is 6.04. The van der Waals surface area contributed by atoms with Gasteiger partial charge >= 0.3 is 0 Å². The van der Waals surface area contributed by atoms with Gasteiger partial charge in [0.15, 0.2) is 0 Å². The molecule has 0 aliphatic carbocycles. The van der Waals surface area contributed by atoms with Gasteiger partial charge in [0.25, 0.3) is 5.69 Å². The van der Waals surface area contributed by atoms with E-state index >= 15 is 0 Å². The van der Waals surface area contributed by atoms with Crippen LogP contribution in [-0.4, -0.2) is 43.2 Å². The van der Waals surface area contributed by atoms with E-state index in [0.717, 1.165) is 29.7 Å². The van der Waals surface area contributed by atoms with Crippen LogP contribution in [0.2, 0.25) is 0 Å². The molecule has 2 aliphatic heterocycles. The van der Waals surface area contributed by atoms with Crippen molar-refractivity contribution in [3.05, 3.63) is 63.7 Å². The second kappa shape index (κ2) is 8.39. The van der Waals surface area contributed by atoms with Crippen LogP contribution in [0.1, 0.15) is 30.4 Å². The number of rotatable bonds is 4. The number of benzene rings is 2. The Bertz CT molecular complexity index is 1110. The monoisotopic (exact) mass is 443 g/mol. The molecule has 1 unspecified atom stereocenters. The van der Waals surface area contributed by atoms with Crippen molar-refractivity contribution in [3.8, 4) is 0 Å². The number of fused-ring (bicyclic) bond motifs is 1. The second-order valence-electron chi connectivity index (χ2n) is 8.18. The van der Waals surface area contributed by atoms with E-state index in [1.807, 2.05) is 24.0 Å². The molecule has 0 N–H and O–H groups in total. The first-order chi connectivity index (χ1) is 14.8. The first kappa shape index (κ1) is 21.5. The van der Waals surface area contributed by atoms with E-state index in [1.54, 1.807) is 0 Å². The van der Waals surface area contributed by atoms with E-state index in [1.165, 1.54) is 28.6 Å². The minimum Gasteiger partial charge on any atom is -0.312 e. The van der Waals surface area contributed by atoms with Crippen molar-refractivity contribution < 1.29 is 18.1 Å². The molecular weight excluding hydrogens is 418 g/mol. The second-order valence-corrected chi connectivity index (χ2v) is 10.1. The molecule has 0 spiro atoms. The lowest BCUT2D eigenvalue weighted by Crippen LogP contribution is -2.48. The molecule has 0 radical (unpaired) electrons. The maximum Gasteiger partial charge on any atom is 0.269 e. The van der Waals surface area contributed by atoms with Crippen LogP contribution in [0.4, 0.5) is 11.4 Å². The highest BCUT2D eigenvalue weighted by atomic mass is 32.2. The summed E-state index contributed by atoms with van der Waals surface area (Å²) in [5, 5.41) is 10.8. The Balaban J connectivity index is 1.53. The summed E-state index contributed by atoms with van der Waals surface area (Å²) in [6.07, 6.45) is 3.06. The number of nitro groups is 1. The Morgan fingerprint density at radius 1 is 1.10 bits per heavy atom. The molecule has 1 fully saturated rings. The average Bonchev–Trinajstić information content (AvgIpc) is 2.78. The third kappa shape index (κ3) is 4.20. The molecule has 1 atom stereocenters. The Morgan fingerprint density at radius 3 is 2.55 bits per heavy atom. The van der Waals surface area contributed by atoms with Crippen molar-refractivity contribution in [2.45, 2.75) is 37.5 Å². The number of carbonyl (C=O) groups is 1. The molecule has 1 saturated heterocycles. The largest absolute Gasteiger partial charge is 0.312 e. The maximum atomic E-state index is 13.4. The van der Waals surface area contributed by atoms with Crippen LogP contribution in [-0.2, 0) is 21.2 Å². The summed E-state index contributed by atoms with van der Waals surface area (Å²) in [6, 6.07) is 11.0. The van der Waals surface area contributed by atoms with E-state index in [4.69, 9.17) is 0 Å². The molecule has 0 bridgehead atoms. The molecule has 2 aromatic carbocycles. The molecule has 1 amide bonds. The van der Waals surface area contributed by atoms with Gasteiger partial charge in [0.1, 0.15) is 0 Å². The van der Waals surface area contributed by atoms with E-state index in [-0.39, 0.29) is 23.0 Å². The van der Waals surface area contributed by atoms with Crippen LogP contribution in [0.5, 0.6) is 0 Å². The Labute approximate surface area is 181 Å². The average molecular weight is 444 g/mol. The van der Waals surface area contributed by atoms with Crippen LogP contribution >= 0.6 is 0 Å². The first-order valence-corrected chi connectivity index (χ1v) is 11.9. The molecule has 0 saturated carbocycles. The number of non-ortho nitro benzene ring substituents is 1. The number of hydrogen-bond acceptors (Lipinski definition) is 5. The predicted octanol–water partition coefficient (Wildman–Crippen LogP) is 3.28. The fourth-order valence-electron chi connectivity index (χ4n) is 4.43. The normalized spacial score (nSPS) is 19.6. The van der Waals surface area contributed by atoms with Crippen molar-refractivity contribution in [3.63, 3.8) is 0 Å². The van der Waals surface area contributed by atoms with Crippen LogP contribution in [0.25, 0.3) is 0 Å². The molecular formula is C22H25N3O5S. The fraction of sp³-hybridized carbons (Fsp3) is 0.409. The van der Waals surface area contributed by atoms with Gasteiger partial charge in [0, 0.05) is 37.5 Å². The minimum atomic E-state index is -3.83. The number of anilines is 1. The molecule has 0 aromatic heterocycles. The van der Waals surface area contributed by atoms with E-state index in [0.29, 0.717) is 25.9 Å². The van der Waals surface area contributed by atoms with Crippen LogP contribution < -0.4 is 4.90 Å². The standard InChI is InChI=1S/C22H25N3O5S/c1-16-6-11-21-17(14-16)4-3-13-24(21)22(26)18-5-2-12-23(15-18)31(29,30)20-9-7-19(8-10-20)25(27)28/h6-11,14,18H,2-5,12-13,15H2,1H3. The summed E-state index contributed by atoms with van der Waals surface area (Å²) in [6.45, 7) is 3.12. The summed E-state index contributed by atoms with van der Waals surface area (Å²) >= 11 is 0. The van der Waals surface area contributed by atoms with E-state index in [9.17, 15) is 23.3 Å². The first-order valence-electron chi connectivity index (χ1n) is 10.4. The molecule has 2 aromatic rings. The van der Waals surface area contributed by atoms with Crippen molar-refractivity contribution in [1.29, 1.82) is 0 Å². The third-order valence-corrected chi connectivity index (χ3v) is 7.92. The topological polar surface area (TPSA) is 101 Å². The number of nitrogens with zero attached hydrogens (tertiary/aromatic N) is 3. The van der Waals surface area contributed by atoms with Crippen LogP contribution in [0.3, 0.4) is 0 Å². The number of amides is 1. The summed E-state index contributed by atoms with van der Waals surface area (Å²) < 4.78 is 27.5. The molecule has 9 heteroatoms. The SMILES string of the molecule is Cc1ccc2c(c1)CCCN2C(=O)C1CCCN(S(=O)(=O)c2ccc([N+](=O)[O-])cc2)C1. The van der Waals surface area contributed by atoms with Crippen molar-refractivity contribution in [2.75, 3.05) is 24.5 Å². The van der Waals surface area contributed by atoms with Crippen molar-refractivity contribution in [1.82, 2.24) is 4.31 Å². The zero-order valence-electron chi connectivity index (χ0n) is 17.4. The van der Waals surface area contributed by atoms with Gasteiger partial charge in [0.05, 0.1) is 15.7 Å². The quantitative estimate of drug-likeness (QED) is 0.533.